The summed E-state index contributed by atoms with van der Waals surface area (Å²) in [4.78, 5) is 8.44. The van der Waals surface area contributed by atoms with Crippen molar-refractivity contribution < 1.29 is 9.47 Å². The minimum Gasteiger partial charge on any atom is -0.493 e. The van der Waals surface area contributed by atoms with Crippen LogP contribution < -0.4 is 14.8 Å². The standard InChI is InChI=1S/C14H15N5O2/c1-20-11-5-9-3-4-15-14(10(9)6-12(11)21-2)16-7-13-17-8-18-19-13/h3-6,8H,7H2,1-2H3,(H,15,16)(H,17,18,19). The van der Waals surface area contributed by atoms with E-state index in [1.54, 1.807) is 20.4 Å². The molecule has 0 aliphatic carbocycles. The number of methoxy groups -OCH3 is 2. The van der Waals surface area contributed by atoms with E-state index in [1.807, 2.05) is 18.2 Å². The number of fused-ring (bicyclic) bond motifs is 1. The average molecular weight is 285 g/mol. The molecule has 3 rings (SSSR count). The molecule has 0 atom stereocenters. The third-order valence-corrected chi connectivity index (χ3v) is 3.16. The van der Waals surface area contributed by atoms with E-state index in [9.17, 15) is 0 Å². The second-order valence-electron chi connectivity index (χ2n) is 4.37. The lowest BCUT2D eigenvalue weighted by Crippen LogP contribution is -2.03. The summed E-state index contributed by atoms with van der Waals surface area (Å²) >= 11 is 0. The molecule has 21 heavy (non-hydrogen) atoms. The summed E-state index contributed by atoms with van der Waals surface area (Å²) in [6.07, 6.45) is 3.22. The lowest BCUT2D eigenvalue weighted by Gasteiger charge is -2.12. The molecule has 0 spiro atoms. The van der Waals surface area contributed by atoms with E-state index < -0.39 is 0 Å². The Bertz CT molecular complexity index is 742. The zero-order valence-corrected chi connectivity index (χ0v) is 11.8. The van der Waals surface area contributed by atoms with E-state index in [1.165, 1.54) is 6.33 Å². The number of hydrogen-bond acceptors (Lipinski definition) is 6. The Balaban J connectivity index is 1.98. The molecule has 2 N–H and O–H groups in total. The molecule has 0 radical (unpaired) electrons. The number of aromatic nitrogens is 4. The fourth-order valence-corrected chi connectivity index (χ4v) is 2.12. The molecule has 0 amide bonds. The minimum absolute atomic E-state index is 0.514. The summed E-state index contributed by atoms with van der Waals surface area (Å²) < 4.78 is 10.7. The number of nitrogens with one attached hydrogen (secondary N) is 2. The first kappa shape index (κ1) is 13.2. The molecule has 0 unspecified atom stereocenters. The molecular weight excluding hydrogens is 270 g/mol. The summed E-state index contributed by atoms with van der Waals surface area (Å²) in [6.45, 7) is 0.514. The van der Waals surface area contributed by atoms with E-state index >= 15 is 0 Å². The predicted octanol–water partition coefficient (Wildman–Crippen LogP) is 1.98. The number of hydrogen-bond donors (Lipinski definition) is 2. The van der Waals surface area contributed by atoms with Gasteiger partial charge in [0.05, 0.1) is 20.8 Å². The summed E-state index contributed by atoms with van der Waals surface area (Å²) in [7, 11) is 3.23. The Morgan fingerprint density at radius 1 is 1.14 bits per heavy atom. The van der Waals surface area contributed by atoms with Crippen LogP contribution in [0, 0.1) is 0 Å². The van der Waals surface area contributed by atoms with Crippen molar-refractivity contribution in [1.82, 2.24) is 20.2 Å². The molecule has 2 aromatic heterocycles. The fourth-order valence-electron chi connectivity index (χ4n) is 2.12. The number of aromatic amines is 1. The van der Waals surface area contributed by atoms with Gasteiger partial charge in [0.15, 0.2) is 11.5 Å². The van der Waals surface area contributed by atoms with Crippen molar-refractivity contribution >= 4 is 16.6 Å². The number of ether oxygens (including phenoxy) is 2. The molecule has 2 heterocycles. The molecule has 1 aromatic carbocycles. The van der Waals surface area contributed by atoms with Crippen LogP contribution in [0.1, 0.15) is 5.82 Å². The molecule has 0 saturated carbocycles. The van der Waals surface area contributed by atoms with Crippen LogP contribution in [0.15, 0.2) is 30.7 Å². The number of pyridine rings is 1. The molecule has 0 fully saturated rings. The Hall–Kier alpha value is -2.83. The van der Waals surface area contributed by atoms with Gasteiger partial charge < -0.3 is 14.8 Å². The number of anilines is 1. The van der Waals surface area contributed by atoms with Crippen molar-refractivity contribution in [3.8, 4) is 11.5 Å². The van der Waals surface area contributed by atoms with Crippen molar-refractivity contribution in [2.75, 3.05) is 19.5 Å². The largest absolute Gasteiger partial charge is 0.493 e. The number of rotatable bonds is 5. The van der Waals surface area contributed by atoms with Crippen molar-refractivity contribution in [2.45, 2.75) is 6.54 Å². The first-order chi connectivity index (χ1) is 10.3. The van der Waals surface area contributed by atoms with Crippen LogP contribution in [0.2, 0.25) is 0 Å². The Morgan fingerprint density at radius 2 is 1.95 bits per heavy atom. The smallest absolute Gasteiger partial charge is 0.161 e. The van der Waals surface area contributed by atoms with Crippen LogP contribution in [0.3, 0.4) is 0 Å². The third kappa shape index (κ3) is 2.58. The molecule has 3 aromatic rings. The van der Waals surface area contributed by atoms with Crippen molar-refractivity contribution in [1.29, 1.82) is 0 Å². The molecule has 0 bridgehead atoms. The highest BCUT2D eigenvalue weighted by Gasteiger charge is 2.09. The number of benzene rings is 1. The summed E-state index contributed by atoms with van der Waals surface area (Å²) in [5.74, 6) is 2.86. The maximum Gasteiger partial charge on any atom is 0.161 e. The Morgan fingerprint density at radius 3 is 2.67 bits per heavy atom. The molecule has 7 heteroatoms. The fraction of sp³-hybridized carbons (Fsp3) is 0.214. The van der Waals surface area contributed by atoms with Crippen LogP contribution in [-0.4, -0.2) is 34.4 Å². The van der Waals surface area contributed by atoms with Gasteiger partial charge >= 0.3 is 0 Å². The predicted molar refractivity (Wildman–Crippen MR) is 78.6 cm³/mol. The summed E-state index contributed by atoms with van der Waals surface area (Å²) in [6, 6.07) is 5.76. The molecule has 0 aliphatic heterocycles. The second-order valence-corrected chi connectivity index (χ2v) is 4.37. The first-order valence-corrected chi connectivity index (χ1v) is 6.40. The van der Waals surface area contributed by atoms with Crippen molar-refractivity contribution in [2.24, 2.45) is 0 Å². The van der Waals surface area contributed by atoms with E-state index in [0.29, 0.717) is 18.0 Å². The zero-order chi connectivity index (χ0) is 14.7. The SMILES string of the molecule is COc1cc2ccnc(NCc3ncn[nH]3)c2cc1OC. The molecular formula is C14H15N5O2. The zero-order valence-electron chi connectivity index (χ0n) is 11.8. The van der Waals surface area contributed by atoms with Gasteiger partial charge in [0.2, 0.25) is 0 Å². The van der Waals surface area contributed by atoms with Gasteiger partial charge in [-0.25, -0.2) is 9.97 Å². The maximum atomic E-state index is 5.34. The topological polar surface area (TPSA) is 85.0 Å². The van der Waals surface area contributed by atoms with Gasteiger partial charge in [-0.1, -0.05) is 0 Å². The monoisotopic (exact) mass is 285 g/mol. The van der Waals surface area contributed by atoms with Gasteiger partial charge in [-0.2, -0.15) is 5.10 Å². The van der Waals surface area contributed by atoms with Crippen molar-refractivity contribution in [3.63, 3.8) is 0 Å². The minimum atomic E-state index is 0.514. The number of H-pyrrole nitrogens is 1. The molecule has 7 nitrogen and oxygen atoms in total. The normalized spacial score (nSPS) is 10.6. The van der Waals surface area contributed by atoms with Crippen LogP contribution in [0.4, 0.5) is 5.82 Å². The van der Waals surface area contributed by atoms with E-state index in [4.69, 9.17) is 9.47 Å². The summed E-state index contributed by atoms with van der Waals surface area (Å²) in [5.41, 5.74) is 0. The van der Waals surface area contributed by atoms with Gasteiger partial charge in [-0.15, -0.1) is 0 Å². The van der Waals surface area contributed by atoms with E-state index in [-0.39, 0.29) is 0 Å². The lowest BCUT2D eigenvalue weighted by atomic mass is 10.1. The molecule has 0 aliphatic rings. The van der Waals surface area contributed by atoms with Crippen LogP contribution in [0.5, 0.6) is 11.5 Å². The van der Waals surface area contributed by atoms with Crippen molar-refractivity contribution in [3.05, 3.63) is 36.5 Å². The van der Waals surface area contributed by atoms with Gasteiger partial charge in [-0.3, -0.25) is 5.10 Å². The average Bonchev–Trinajstić information content (AvgIpc) is 3.04. The van der Waals surface area contributed by atoms with E-state index in [2.05, 4.69) is 25.5 Å². The highest BCUT2D eigenvalue weighted by molar-refractivity contribution is 5.94. The Labute approximate surface area is 121 Å². The Kier molecular flexibility index (Phi) is 3.55. The quantitative estimate of drug-likeness (QED) is 0.745. The maximum absolute atomic E-state index is 5.34. The van der Waals surface area contributed by atoms with Gasteiger partial charge in [-0.05, 0) is 23.6 Å². The number of nitrogens with zero attached hydrogens (tertiary/aromatic N) is 3. The molecule has 108 valence electrons. The van der Waals surface area contributed by atoms with Gasteiger partial charge in [0.25, 0.3) is 0 Å². The highest BCUT2D eigenvalue weighted by Crippen LogP contribution is 2.34. The van der Waals surface area contributed by atoms with Gasteiger partial charge in [0.1, 0.15) is 18.0 Å². The van der Waals surface area contributed by atoms with Gasteiger partial charge in [0, 0.05) is 11.6 Å². The summed E-state index contributed by atoms with van der Waals surface area (Å²) in [5, 5.41) is 11.8. The van der Waals surface area contributed by atoms with Crippen LogP contribution in [-0.2, 0) is 6.54 Å². The second kappa shape index (κ2) is 5.66. The lowest BCUT2D eigenvalue weighted by molar-refractivity contribution is 0.356. The van der Waals surface area contributed by atoms with Crippen LogP contribution >= 0.6 is 0 Å². The first-order valence-electron chi connectivity index (χ1n) is 6.40. The highest BCUT2D eigenvalue weighted by atomic mass is 16.5. The van der Waals surface area contributed by atoms with E-state index in [0.717, 1.165) is 22.4 Å². The molecule has 0 saturated heterocycles. The van der Waals surface area contributed by atoms with Crippen LogP contribution in [0.25, 0.3) is 10.8 Å². The third-order valence-electron chi connectivity index (χ3n) is 3.16.